The Bertz CT molecular complexity index is 393. The van der Waals surface area contributed by atoms with E-state index in [1.165, 1.54) is 38.5 Å². The Morgan fingerprint density at radius 2 is 1.68 bits per heavy atom. The van der Waals surface area contributed by atoms with Crippen LogP contribution in [0.25, 0.3) is 0 Å². The monoisotopic (exact) mass is 379 g/mol. The third kappa shape index (κ3) is 3.54. The van der Waals surface area contributed by atoms with Gasteiger partial charge >= 0.3 is 6.03 Å². The first-order chi connectivity index (χ1) is 10.1. The van der Waals surface area contributed by atoms with E-state index in [2.05, 4.69) is 22.6 Å². The second kappa shape index (κ2) is 6.68. The van der Waals surface area contributed by atoms with Gasteiger partial charge in [-0.25, -0.2) is 4.79 Å². The van der Waals surface area contributed by atoms with E-state index in [0.29, 0.717) is 0 Å². The number of urea groups is 1. The molecule has 0 aromatic heterocycles. The smallest absolute Gasteiger partial charge is 0.315 e. The summed E-state index contributed by atoms with van der Waals surface area (Å²) in [5, 5.41) is 6.59. The van der Waals surface area contributed by atoms with E-state index < -0.39 is 0 Å². The molecule has 1 saturated heterocycles. The summed E-state index contributed by atoms with van der Waals surface area (Å²) in [6, 6.07) is 0.336. The van der Waals surface area contributed by atoms with Crippen LogP contribution in [0.3, 0.4) is 0 Å². The van der Waals surface area contributed by atoms with Gasteiger partial charge in [0.05, 0.1) is 0 Å². The maximum Gasteiger partial charge on any atom is 0.315 e. The van der Waals surface area contributed by atoms with Crippen molar-refractivity contribution in [2.45, 2.75) is 62.9 Å². The van der Waals surface area contributed by atoms with Crippen LogP contribution in [0.1, 0.15) is 51.4 Å². The summed E-state index contributed by atoms with van der Waals surface area (Å²) in [7, 11) is 4.00. The van der Waals surface area contributed by atoms with Crippen LogP contribution in [0.5, 0.6) is 0 Å². The van der Waals surface area contributed by atoms with Gasteiger partial charge in [-0.3, -0.25) is 7.05 Å². The molecule has 4 nitrogen and oxygen atoms in total. The first-order valence-corrected chi connectivity index (χ1v) is 8.74. The van der Waals surface area contributed by atoms with Crippen molar-refractivity contribution in [3.63, 3.8) is 0 Å². The van der Waals surface area contributed by atoms with Crippen molar-refractivity contribution >= 4 is 6.03 Å². The number of hydrogen-bond acceptors (Lipinski definition) is 2. The minimum Gasteiger partial charge on any atom is -0.458 e. The van der Waals surface area contributed by atoms with E-state index in [9.17, 15) is 4.79 Å². The summed E-state index contributed by atoms with van der Waals surface area (Å²) in [5.41, 5.74) is 0.123. The number of hydrogen-bond donors (Lipinski definition) is 2. The Labute approximate surface area is 159 Å². The van der Waals surface area contributed by atoms with E-state index in [1.807, 2.05) is 0 Å². The zero-order valence-electron chi connectivity index (χ0n) is 13.5. The number of carbonyl (C=O) groups excluding carboxylic acids is 1. The first kappa shape index (κ1) is 17.2. The quantitative estimate of drug-likeness (QED) is 0.725. The molecule has 0 aromatic carbocycles. The predicted molar refractivity (Wildman–Crippen MR) is 82.5 cm³/mol. The van der Waals surface area contributed by atoms with Crippen LogP contribution in [0.2, 0.25) is 0 Å². The van der Waals surface area contributed by atoms with Gasteiger partial charge in [0, 0.05) is 44.3 Å². The number of amides is 2. The van der Waals surface area contributed by atoms with E-state index in [1.54, 1.807) is 0 Å². The summed E-state index contributed by atoms with van der Waals surface area (Å²) in [4.78, 5) is 14.5. The molecule has 5 heteroatoms. The first-order valence-electron chi connectivity index (χ1n) is 8.74. The standard InChI is InChI=1S/C17H28N3O.Y/c1-20-4-2-3-15(11-20)18-16(21)19-17-8-12-5-13(9-17)7-14(6-12)10-17;/h12-15H,1-11H2,(H2,18,19,21);/q-1;. The summed E-state index contributed by atoms with van der Waals surface area (Å²) >= 11 is 0. The predicted octanol–water partition coefficient (Wildman–Crippen LogP) is 2.51. The molecular formula is C17H28N3OY-. The van der Waals surface area contributed by atoms with Crippen molar-refractivity contribution in [3.05, 3.63) is 7.05 Å². The molecule has 1 unspecified atom stereocenters. The SMILES string of the molecule is [CH2-]N1CCCC(NC(=O)NC23CC4CC(CC(C4)C2)C3)C1.[Y]. The molecular weight excluding hydrogens is 351 g/mol. The molecule has 5 fully saturated rings. The number of nitrogens with zero attached hydrogens (tertiary/aromatic N) is 1. The molecule has 1 aliphatic heterocycles. The van der Waals surface area contributed by atoms with E-state index in [4.69, 9.17) is 0 Å². The van der Waals surface area contributed by atoms with Crippen molar-refractivity contribution in [1.29, 1.82) is 0 Å². The van der Waals surface area contributed by atoms with Gasteiger partial charge in [0.1, 0.15) is 0 Å². The molecule has 1 radical (unpaired) electrons. The van der Waals surface area contributed by atoms with Gasteiger partial charge in [0.25, 0.3) is 0 Å². The number of carbonyl (C=O) groups is 1. The van der Waals surface area contributed by atoms with Crippen LogP contribution in [0.4, 0.5) is 4.79 Å². The Hall–Kier alpha value is 0.334. The van der Waals surface area contributed by atoms with Gasteiger partial charge in [-0.1, -0.05) is 0 Å². The Morgan fingerprint density at radius 1 is 1.09 bits per heavy atom. The van der Waals surface area contributed by atoms with Crippen LogP contribution >= 0.6 is 0 Å². The fourth-order valence-corrected chi connectivity index (χ4v) is 5.90. The summed E-state index contributed by atoms with van der Waals surface area (Å²) in [6.45, 7) is 1.93. The second-order valence-electron chi connectivity index (χ2n) is 8.21. The minimum absolute atomic E-state index is 0. The molecule has 121 valence electrons. The molecule has 2 N–H and O–H groups in total. The molecule has 0 spiro atoms. The summed E-state index contributed by atoms with van der Waals surface area (Å²) < 4.78 is 0. The fourth-order valence-electron chi connectivity index (χ4n) is 5.90. The normalized spacial score (nSPS) is 43.5. The van der Waals surface area contributed by atoms with Crippen molar-refractivity contribution in [2.24, 2.45) is 17.8 Å². The van der Waals surface area contributed by atoms with Crippen LogP contribution < -0.4 is 10.6 Å². The van der Waals surface area contributed by atoms with Crippen LogP contribution in [-0.2, 0) is 32.7 Å². The van der Waals surface area contributed by atoms with Crippen molar-refractivity contribution in [2.75, 3.05) is 13.1 Å². The molecule has 5 rings (SSSR count). The zero-order valence-corrected chi connectivity index (χ0v) is 16.4. The molecule has 1 heterocycles. The maximum atomic E-state index is 12.4. The minimum atomic E-state index is 0. The molecule has 4 aliphatic carbocycles. The van der Waals surface area contributed by atoms with Crippen molar-refractivity contribution in [1.82, 2.24) is 15.5 Å². The van der Waals surface area contributed by atoms with Crippen molar-refractivity contribution < 1.29 is 37.5 Å². The average molecular weight is 379 g/mol. The molecule has 1 atom stereocenters. The number of likely N-dealkylation sites (tertiary alicyclic amines) is 1. The Balaban J connectivity index is 0.00000144. The molecule has 5 aliphatic rings. The molecule has 4 saturated carbocycles. The van der Waals surface area contributed by atoms with E-state index in [0.717, 1.165) is 43.7 Å². The third-order valence-electron chi connectivity index (χ3n) is 6.26. The second-order valence-corrected chi connectivity index (χ2v) is 8.21. The maximum absolute atomic E-state index is 12.4. The van der Waals surface area contributed by atoms with Gasteiger partial charge in [0.15, 0.2) is 0 Å². The van der Waals surface area contributed by atoms with Crippen LogP contribution in [0.15, 0.2) is 0 Å². The van der Waals surface area contributed by atoms with Gasteiger partial charge in [-0.2, -0.15) is 0 Å². The molecule has 0 aromatic rings. The van der Waals surface area contributed by atoms with E-state index >= 15 is 0 Å². The zero-order chi connectivity index (χ0) is 14.4. The number of rotatable bonds is 2. The molecule has 2 amide bonds. The van der Waals surface area contributed by atoms with Gasteiger partial charge in [0.2, 0.25) is 0 Å². The Morgan fingerprint density at radius 3 is 2.23 bits per heavy atom. The van der Waals surface area contributed by atoms with E-state index in [-0.39, 0.29) is 50.3 Å². The van der Waals surface area contributed by atoms with Gasteiger partial charge in [-0.05, 0) is 82.2 Å². The van der Waals surface area contributed by atoms with Gasteiger partial charge in [-0.15, -0.1) is 0 Å². The number of nitrogens with one attached hydrogen (secondary N) is 2. The topological polar surface area (TPSA) is 44.4 Å². The fraction of sp³-hybridized carbons (Fsp3) is 0.882. The third-order valence-corrected chi connectivity index (χ3v) is 6.26. The van der Waals surface area contributed by atoms with Crippen LogP contribution in [0, 0.1) is 24.8 Å². The summed E-state index contributed by atoms with van der Waals surface area (Å²) in [5.74, 6) is 2.63. The average Bonchev–Trinajstić information content (AvgIpc) is 2.35. The summed E-state index contributed by atoms with van der Waals surface area (Å²) in [6.07, 6.45) is 10.1. The van der Waals surface area contributed by atoms with Crippen LogP contribution in [-0.4, -0.2) is 35.6 Å². The van der Waals surface area contributed by atoms with Crippen molar-refractivity contribution in [3.8, 4) is 0 Å². The van der Waals surface area contributed by atoms with Gasteiger partial charge < -0.3 is 15.5 Å². The molecule has 4 bridgehead atoms. The number of piperidine rings is 1. The largest absolute Gasteiger partial charge is 0.458 e. The Kier molecular flexibility index (Phi) is 5.21. The molecule has 22 heavy (non-hydrogen) atoms.